The number of hydrogen-bond donors (Lipinski definition) is 0. The summed E-state index contributed by atoms with van der Waals surface area (Å²) in [5.74, 6) is -0.0292. The van der Waals surface area contributed by atoms with Gasteiger partial charge in [-0.15, -0.1) is 0 Å². The quantitative estimate of drug-likeness (QED) is 0.736. The van der Waals surface area contributed by atoms with Crippen molar-refractivity contribution in [2.24, 2.45) is 0 Å². The van der Waals surface area contributed by atoms with E-state index in [1.165, 1.54) is 4.31 Å². The number of benzene rings is 2. The largest absolute Gasteiger partial charge is 0.336 e. The van der Waals surface area contributed by atoms with Gasteiger partial charge in [-0.2, -0.15) is 0 Å². The first-order chi connectivity index (χ1) is 14.5. The molecule has 6 nitrogen and oxygen atoms in total. The van der Waals surface area contributed by atoms with Crippen LogP contribution in [-0.2, 0) is 16.4 Å². The van der Waals surface area contributed by atoms with Crippen LogP contribution in [0.2, 0.25) is 0 Å². The van der Waals surface area contributed by atoms with Gasteiger partial charge in [-0.25, -0.2) is 8.42 Å². The van der Waals surface area contributed by atoms with Gasteiger partial charge in [0.05, 0.1) is 10.6 Å². The van der Waals surface area contributed by atoms with Crippen molar-refractivity contribution in [1.29, 1.82) is 0 Å². The minimum absolute atomic E-state index is 0.0292. The molecule has 0 spiro atoms. The van der Waals surface area contributed by atoms with Crippen LogP contribution < -0.4 is 4.31 Å². The van der Waals surface area contributed by atoms with E-state index in [2.05, 4.69) is 11.8 Å². The molecule has 0 atom stereocenters. The Morgan fingerprint density at radius 3 is 2.33 bits per heavy atom. The van der Waals surface area contributed by atoms with E-state index in [9.17, 15) is 13.2 Å². The summed E-state index contributed by atoms with van der Waals surface area (Å²) in [6, 6.07) is 14.1. The summed E-state index contributed by atoms with van der Waals surface area (Å²) in [5.41, 5.74) is 2.35. The number of sulfonamides is 1. The van der Waals surface area contributed by atoms with Crippen molar-refractivity contribution in [3.8, 4) is 0 Å². The number of rotatable bonds is 5. The van der Waals surface area contributed by atoms with Crippen LogP contribution in [0.15, 0.2) is 53.4 Å². The van der Waals surface area contributed by atoms with Gasteiger partial charge in [0.15, 0.2) is 0 Å². The van der Waals surface area contributed by atoms with E-state index in [-0.39, 0.29) is 10.8 Å². The third kappa shape index (κ3) is 4.09. The van der Waals surface area contributed by atoms with Crippen LogP contribution in [0.25, 0.3) is 0 Å². The Hall–Kier alpha value is -2.38. The number of carbonyl (C=O) groups is 1. The topological polar surface area (TPSA) is 60.9 Å². The van der Waals surface area contributed by atoms with E-state index in [1.807, 2.05) is 29.2 Å². The molecule has 0 aromatic heterocycles. The maximum atomic E-state index is 13.3. The fourth-order valence-corrected chi connectivity index (χ4v) is 5.86. The van der Waals surface area contributed by atoms with Crippen molar-refractivity contribution in [3.05, 3.63) is 59.7 Å². The SMILES string of the molecule is CCCN1CCN(C(=O)c2ccc(S(=O)(=O)N3CCCc4ccccc43)cc2)CC1. The lowest BCUT2D eigenvalue weighted by Crippen LogP contribution is -2.48. The summed E-state index contributed by atoms with van der Waals surface area (Å²) in [7, 11) is -3.65. The molecule has 2 aromatic rings. The molecule has 2 aliphatic rings. The Bertz CT molecular complexity index is 997. The minimum Gasteiger partial charge on any atom is -0.336 e. The van der Waals surface area contributed by atoms with Gasteiger partial charge in [0.1, 0.15) is 0 Å². The van der Waals surface area contributed by atoms with Crippen molar-refractivity contribution < 1.29 is 13.2 Å². The number of aryl methyl sites for hydroxylation is 1. The summed E-state index contributed by atoms with van der Waals surface area (Å²) < 4.78 is 28.0. The van der Waals surface area contributed by atoms with Gasteiger partial charge < -0.3 is 4.90 Å². The number of piperazine rings is 1. The molecule has 30 heavy (non-hydrogen) atoms. The first-order valence-electron chi connectivity index (χ1n) is 10.7. The Labute approximate surface area is 179 Å². The van der Waals surface area contributed by atoms with Crippen molar-refractivity contribution in [2.75, 3.05) is 43.6 Å². The van der Waals surface area contributed by atoms with E-state index in [1.54, 1.807) is 24.3 Å². The molecule has 0 bridgehead atoms. The standard InChI is InChI=1S/C23H29N3O3S/c1-2-13-24-15-17-25(18-16-24)23(27)20-9-11-21(12-10-20)30(28,29)26-14-5-7-19-6-3-4-8-22(19)26/h3-4,6,8-12H,2,5,7,13-18H2,1H3. The Balaban J connectivity index is 1.49. The van der Waals surface area contributed by atoms with Crippen LogP contribution in [0.4, 0.5) is 5.69 Å². The maximum Gasteiger partial charge on any atom is 0.264 e. The number of nitrogens with zero attached hydrogens (tertiary/aromatic N) is 3. The lowest BCUT2D eigenvalue weighted by Gasteiger charge is -2.34. The highest BCUT2D eigenvalue weighted by atomic mass is 32.2. The maximum absolute atomic E-state index is 13.3. The van der Waals surface area contributed by atoms with Crippen LogP contribution in [0.1, 0.15) is 35.7 Å². The highest BCUT2D eigenvalue weighted by molar-refractivity contribution is 7.92. The Kier molecular flexibility index (Phi) is 6.11. The zero-order valence-corrected chi connectivity index (χ0v) is 18.3. The van der Waals surface area contributed by atoms with Crippen LogP contribution >= 0.6 is 0 Å². The Morgan fingerprint density at radius 2 is 1.63 bits per heavy atom. The van der Waals surface area contributed by atoms with Gasteiger partial charge in [0.2, 0.25) is 0 Å². The third-order valence-corrected chi connectivity index (χ3v) is 7.78. The smallest absolute Gasteiger partial charge is 0.264 e. The summed E-state index contributed by atoms with van der Waals surface area (Å²) in [4.78, 5) is 17.3. The van der Waals surface area contributed by atoms with E-state index in [0.29, 0.717) is 25.2 Å². The fourth-order valence-electron chi connectivity index (χ4n) is 4.32. The van der Waals surface area contributed by atoms with E-state index >= 15 is 0 Å². The van der Waals surface area contributed by atoms with Crippen molar-refractivity contribution in [1.82, 2.24) is 9.80 Å². The van der Waals surface area contributed by atoms with Crippen molar-refractivity contribution in [2.45, 2.75) is 31.1 Å². The van der Waals surface area contributed by atoms with E-state index in [4.69, 9.17) is 0 Å². The van der Waals surface area contributed by atoms with Gasteiger partial charge >= 0.3 is 0 Å². The average molecular weight is 428 g/mol. The van der Waals surface area contributed by atoms with Crippen LogP contribution in [0, 0.1) is 0 Å². The van der Waals surface area contributed by atoms with Gasteiger partial charge in [0.25, 0.3) is 15.9 Å². The first kappa shape index (κ1) is 20.9. The van der Waals surface area contributed by atoms with E-state index in [0.717, 1.165) is 50.1 Å². The number of fused-ring (bicyclic) bond motifs is 1. The number of hydrogen-bond acceptors (Lipinski definition) is 4. The second kappa shape index (κ2) is 8.78. The normalized spacial score (nSPS) is 17.6. The number of para-hydroxylation sites is 1. The summed E-state index contributed by atoms with van der Waals surface area (Å²) in [6.07, 6.45) is 2.81. The zero-order valence-electron chi connectivity index (χ0n) is 17.5. The average Bonchev–Trinajstić information content (AvgIpc) is 2.79. The molecule has 4 rings (SSSR count). The van der Waals surface area contributed by atoms with Crippen LogP contribution in [0.5, 0.6) is 0 Å². The lowest BCUT2D eigenvalue weighted by molar-refractivity contribution is 0.0637. The third-order valence-electron chi connectivity index (χ3n) is 5.96. The van der Waals surface area contributed by atoms with Crippen LogP contribution in [-0.4, -0.2) is 63.4 Å². The van der Waals surface area contributed by atoms with Crippen LogP contribution in [0.3, 0.4) is 0 Å². The molecule has 0 N–H and O–H groups in total. The molecule has 0 radical (unpaired) electrons. The molecule has 0 unspecified atom stereocenters. The van der Waals surface area contributed by atoms with Crippen molar-refractivity contribution >= 4 is 21.6 Å². The monoisotopic (exact) mass is 427 g/mol. The molecule has 7 heteroatoms. The molecular formula is C23H29N3O3S. The molecule has 160 valence electrons. The lowest BCUT2D eigenvalue weighted by atomic mass is 10.0. The molecule has 1 fully saturated rings. The van der Waals surface area contributed by atoms with Gasteiger partial charge in [-0.1, -0.05) is 25.1 Å². The molecule has 0 saturated carbocycles. The zero-order chi connectivity index (χ0) is 21.1. The highest BCUT2D eigenvalue weighted by Gasteiger charge is 2.29. The number of amides is 1. The number of carbonyl (C=O) groups excluding carboxylic acids is 1. The molecule has 2 aliphatic heterocycles. The van der Waals surface area contributed by atoms with Crippen molar-refractivity contribution in [3.63, 3.8) is 0 Å². The second-order valence-electron chi connectivity index (χ2n) is 7.97. The predicted octanol–water partition coefficient (Wildman–Crippen LogP) is 3.00. The molecule has 0 aliphatic carbocycles. The Morgan fingerprint density at radius 1 is 0.933 bits per heavy atom. The second-order valence-corrected chi connectivity index (χ2v) is 9.83. The number of anilines is 1. The predicted molar refractivity (Wildman–Crippen MR) is 118 cm³/mol. The molecule has 1 amide bonds. The first-order valence-corrected chi connectivity index (χ1v) is 12.2. The van der Waals surface area contributed by atoms with Gasteiger partial charge in [-0.05, 0) is 61.7 Å². The van der Waals surface area contributed by atoms with Gasteiger partial charge in [-0.3, -0.25) is 14.0 Å². The van der Waals surface area contributed by atoms with Gasteiger partial charge in [0, 0.05) is 38.3 Å². The summed E-state index contributed by atoms with van der Waals surface area (Å²) >= 11 is 0. The summed E-state index contributed by atoms with van der Waals surface area (Å²) in [6.45, 7) is 6.90. The minimum atomic E-state index is -3.65. The molecule has 2 heterocycles. The van der Waals surface area contributed by atoms with E-state index < -0.39 is 10.0 Å². The molecular weight excluding hydrogens is 398 g/mol. The fraction of sp³-hybridized carbons (Fsp3) is 0.435. The molecule has 2 aromatic carbocycles. The summed E-state index contributed by atoms with van der Waals surface area (Å²) in [5, 5.41) is 0. The molecule has 1 saturated heterocycles. The highest BCUT2D eigenvalue weighted by Crippen LogP contribution is 2.31.